The van der Waals surface area contributed by atoms with E-state index in [2.05, 4.69) is 23.2 Å². The number of fused-ring (bicyclic) bond motifs is 1. The van der Waals surface area contributed by atoms with Crippen LogP contribution in [-0.4, -0.2) is 32.0 Å². The van der Waals surface area contributed by atoms with E-state index in [1.165, 1.54) is 5.39 Å². The second-order valence-electron chi connectivity index (χ2n) is 6.79. The second kappa shape index (κ2) is 7.62. The molecule has 1 aliphatic rings. The number of hydrogen-bond acceptors (Lipinski definition) is 3. The molecule has 0 aliphatic carbocycles. The molecule has 0 bridgehead atoms. The third-order valence-corrected chi connectivity index (χ3v) is 6.88. The first-order valence-corrected chi connectivity index (χ1v) is 10.7. The number of benzene rings is 3. The highest BCUT2D eigenvalue weighted by Gasteiger charge is 2.25. The van der Waals surface area contributed by atoms with Crippen LogP contribution in [0, 0.1) is 0 Å². The molecule has 4 rings (SSSR count). The minimum atomic E-state index is -3.39. The van der Waals surface area contributed by atoms with E-state index in [-0.39, 0.29) is 0 Å². The number of aliphatic imine (C=N–C) groups is 1. The van der Waals surface area contributed by atoms with Gasteiger partial charge in [0.15, 0.2) is 0 Å². The van der Waals surface area contributed by atoms with Crippen LogP contribution in [0.2, 0.25) is 0 Å². The molecule has 138 valence electrons. The van der Waals surface area contributed by atoms with Crippen molar-refractivity contribution in [3.05, 3.63) is 72.3 Å². The zero-order valence-electron chi connectivity index (χ0n) is 15.1. The third kappa shape index (κ3) is 3.80. The first kappa shape index (κ1) is 17.9. The van der Waals surface area contributed by atoms with Gasteiger partial charge < -0.3 is 0 Å². The number of piperidine rings is 1. The number of rotatable bonds is 4. The second-order valence-corrected chi connectivity index (χ2v) is 8.72. The molecule has 0 spiro atoms. The molecule has 0 radical (unpaired) electrons. The Morgan fingerprint density at radius 2 is 1.52 bits per heavy atom. The predicted molar refractivity (Wildman–Crippen MR) is 110 cm³/mol. The smallest absolute Gasteiger partial charge is 0.243 e. The zero-order valence-corrected chi connectivity index (χ0v) is 15.9. The van der Waals surface area contributed by atoms with Crippen molar-refractivity contribution >= 4 is 32.7 Å². The van der Waals surface area contributed by atoms with Gasteiger partial charge in [0.25, 0.3) is 0 Å². The number of nitrogens with zero attached hydrogens (tertiary/aromatic N) is 2. The van der Waals surface area contributed by atoms with Gasteiger partial charge >= 0.3 is 0 Å². The molecule has 3 aromatic rings. The Kier molecular flexibility index (Phi) is 5.05. The molecule has 0 amide bonds. The molecule has 0 N–H and O–H groups in total. The first-order chi connectivity index (χ1) is 13.1. The maximum Gasteiger partial charge on any atom is 0.243 e. The van der Waals surface area contributed by atoms with Crippen LogP contribution >= 0.6 is 0 Å². The normalized spacial score (nSPS) is 16.1. The molecule has 0 aromatic heterocycles. The van der Waals surface area contributed by atoms with Crippen LogP contribution in [-0.2, 0) is 10.0 Å². The molecule has 1 aliphatic heterocycles. The zero-order chi connectivity index (χ0) is 18.7. The summed E-state index contributed by atoms with van der Waals surface area (Å²) in [4.78, 5) is 4.87. The van der Waals surface area contributed by atoms with Crippen molar-refractivity contribution in [2.75, 3.05) is 13.1 Å². The van der Waals surface area contributed by atoms with Crippen molar-refractivity contribution < 1.29 is 8.42 Å². The fraction of sp³-hybridized carbons (Fsp3) is 0.227. The lowest BCUT2D eigenvalue weighted by Gasteiger charge is -2.25. The summed E-state index contributed by atoms with van der Waals surface area (Å²) in [6.45, 7) is 1.23. The molecule has 27 heavy (non-hydrogen) atoms. The van der Waals surface area contributed by atoms with E-state index in [0.717, 1.165) is 35.9 Å². The van der Waals surface area contributed by atoms with Gasteiger partial charge in [-0.15, -0.1) is 0 Å². The average Bonchev–Trinajstić information content (AvgIpc) is 2.73. The van der Waals surface area contributed by atoms with Crippen LogP contribution in [0.4, 0.5) is 5.69 Å². The average molecular weight is 378 g/mol. The van der Waals surface area contributed by atoms with Gasteiger partial charge in [0.1, 0.15) is 0 Å². The highest BCUT2D eigenvalue weighted by molar-refractivity contribution is 7.89. The van der Waals surface area contributed by atoms with Crippen molar-refractivity contribution in [1.82, 2.24) is 4.31 Å². The summed E-state index contributed by atoms with van der Waals surface area (Å²) < 4.78 is 27.0. The summed E-state index contributed by atoms with van der Waals surface area (Å²) >= 11 is 0. The summed E-state index contributed by atoms with van der Waals surface area (Å²) in [7, 11) is -3.39. The van der Waals surface area contributed by atoms with E-state index in [1.54, 1.807) is 28.6 Å². The van der Waals surface area contributed by atoms with E-state index in [1.807, 2.05) is 30.5 Å². The van der Waals surface area contributed by atoms with Crippen LogP contribution < -0.4 is 0 Å². The summed E-state index contributed by atoms with van der Waals surface area (Å²) in [6.07, 6.45) is 4.81. The van der Waals surface area contributed by atoms with Crippen LogP contribution in [0.25, 0.3) is 10.8 Å². The van der Waals surface area contributed by atoms with Gasteiger partial charge in [-0.25, -0.2) is 8.42 Å². The van der Waals surface area contributed by atoms with Crippen molar-refractivity contribution in [3.63, 3.8) is 0 Å². The van der Waals surface area contributed by atoms with E-state index in [9.17, 15) is 8.42 Å². The summed E-state index contributed by atoms with van der Waals surface area (Å²) in [5, 5.41) is 2.32. The molecular formula is C22H22N2O2S. The standard InChI is InChI=1S/C22H22N2O2S/c25-27(26,24-15-4-1-5-16-24)21-13-11-20(12-14-21)23-17-19-9-6-8-18-7-2-3-10-22(18)19/h2-3,6-14,17H,1,4-5,15-16H2. The maximum absolute atomic E-state index is 12.7. The van der Waals surface area contributed by atoms with Gasteiger partial charge in [0.2, 0.25) is 10.0 Å². The Balaban J connectivity index is 1.56. The lowest BCUT2D eigenvalue weighted by atomic mass is 10.1. The monoisotopic (exact) mass is 378 g/mol. The van der Waals surface area contributed by atoms with Crippen LogP contribution in [0.15, 0.2) is 76.6 Å². The van der Waals surface area contributed by atoms with Gasteiger partial charge in [0, 0.05) is 24.9 Å². The van der Waals surface area contributed by atoms with E-state index in [4.69, 9.17) is 0 Å². The third-order valence-electron chi connectivity index (χ3n) is 4.97. The first-order valence-electron chi connectivity index (χ1n) is 9.27. The summed E-state index contributed by atoms with van der Waals surface area (Å²) in [6, 6.07) is 21.1. The molecule has 4 nitrogen and oxygen atoms in total. The van der Waals surface area contributed by atoms with Gasteiger partial charge in [-0.05, 0) is 47.9 Å². The largest absolute Gasteiger partial charge is 0.256 e. The lowest BCUT2D eigenvalue weighted by Crippen LogP contribution is -2.35. The van der Waals surface area contributed by atoms with Gasteiger partial charge in [-0.2, -0.15) is 4.31 Å². The molecule has 5 heteroatoms. The Bertz CT molecular complexity index is 1060. The van der Waals surface area contributed by atoms with Gasteiger partial charge in [0.05, 0.1) is 10.6 Å². The van der Waals surface area contributed by atoms with Crippen LogP contribution in [0.5, 0.6) is 0 Å². The molecule has 0 unspecified atom stereocenters. The highest BCUT2D eigenvalue weighted by atomic mass is 32.2. The number of sulfonamides is 1. The van der Waals surface area contributed by atoms with Crippen molar-refractivity contribution in [2.45, 2.75) is 24.2 Å². The summed E-state index contributed by atoms with van der Waals surface area (Å²) in [5.41, 5.74) is 1.78. The van der Waals surface area contributed by atoms with Crippen LogP contribution in [0.1, 0.15) is 24.8 Å². The van der Waals surface area contributed by atoms with Gasteiger partial charge in [-0.3, -0.25) is 4.99 Å². The van der Waals surface area contributed by atoms with Crippen LogP contribution in [0.3, 0.4) is 0 Å². The fourth-order valence-corrected chi connectivity index (χ4v) is 4.98. The van der Waals surface area contributed by atoms with E-state index in [0.29, 0.717) is 18.0 Å². The number of hydrogen-bond donors (Lipinski definition) is 0. The Hall–Kier alpha value is -2.50. The van der Waals surface area contributed by atoms with Crippen molar-refractivity contribution in [2.24, 2.45) is 4.99 Å². The van der Waals surface area contributed by atoms with E-state index >= 15 is 0 Å². The minimum Gasteiger partial charge on any atom is -0.256 e. The molecule has 1 saturated heterocycles. The molecular weight excluding hydrogens is 356 g/mol. The quantitative estimate of drug-likeness (QED) is 0.614. The van der Waals surface area contributed by atoms with Crippen molar-refractivity contribution in [1.29, 1.82) is 0 Å². The molecule has 1 fully saturated rings. The fourth-order valence-electron chi connectivity index (χ4n) is 3.47. The van der Waals surface area contributed by atoms with Crippen molar-refractivity contribution in [3.8, 4) is 0 Å². The van der Waals surface area contributed by atoms with E-state index < -0.39 is 10.0 Å². The van der Waals surface area contributed by atoms with Gasteiger partial charge in [-0.1, -0.05) is 48.9 Å². The minimum absolute atomic E-state index is 0.341. The topological polar surface area (TPSA) is 49.7 Å². The molecule has 0 atom stereocenters. The molecule has 3 aromatic carbocycles. The Morgan fingerprint density at radius 1 is 0.815 bits per heavy atom. The molecule has 1 heterocycles. The summed E-state index contributed by atoms with van der Waals surface area (Å²) in [5.74, 6) is 0. The highest BCUT2D eigenvalue weighted by Crippen LogP contribution is 2.23. The lowest BCUT2D eigenvalue weighted by molar-refractivity contribution is 0.346. The predicted octanol–water partition coefficient (Wildman–Crippen LogP) is 4.77. The Morgan fingerprint density at radius 3 is 2.30 bits per heavy atom. The molecule has 0 saturated carbocycles. The SMILES string of the molecule is O=S(=O)(c1ccc(N=Cc2cccc3ccccc23)cc1)N1CCCCC1. The maximum atomic E-state index is 12.7. The Labute approximate surface area is 160 Å².